The first-order valence-electron chi connectivity index (χ1n) is 9.12. The van der Waals surface area contributed by atoms with Crippen molar-refractivity contribution in [1.29, 1.82) is 0 Å². The van der Waals surface area contributed by atoms with Crippen LogP contribution in [-0.4, -0.2) is 55.2 Å². The number of ether oxygens (including phenoxy) is 1. The van der Waals surface area contributed by atoms with Crippen LogP contribution in [0.3, 0.4) is 0 Å². The predicted molar refractivity (Wildman–Crippen MR) is 101 cm³/mol. The number of carbonyl (C=O) groups excluding carboxylic acids is 1. The summed E-state index contributed by atoms with van der Waals surface area (Å²) in [5.41, 5.74) is 7.32. The molecule has 0 saturated heterocycles. The summed E-state index contributed by atoms with van der Waals surface area (Å²) in [5, 5.41) is 20.4. The van der Waals surface area contributed by atoms with E-state index in [2.05, 4.69) is 25.6 Å². The average molecular weight is 383 g/mol. The van der Waals surface area contributed by atoms with Gasteiger partial charge in [-0.3, -0.25) is 4.79 Å². The lowest BCUT2D eigenvalue weighted by Gasteiger charge is -2.12. The molecule has 10 heteroatoms. The van der Waals surface area contributed by atoms with Gasteiger partial charge in [0.15, 0.2) is 11.2 Å². The summed E-state index contributed by atoms with van der Waals surface area (Å²) in [6, 6.07) is 7.37. The molecule has 2 aromatic heterocycles. The number of aliphatic hydroxyl groups is 1. The van der Waals surface area contributed by atoms with Crippen molar-refractivity contribution >= 4 is 23.0 Å². The van der Waals surface area contributed by atoms with E-state index < -0.39 is 0 Å². The van der Waals surface area contributed by atoms with Gasteiger partial charge in [-0.05, 0) is 43.5 Å². The number of nitrogens with one attached hydrogen (secondary N) is 1. The van der Waals surface area contributed by atoms with Crippen molar-refractivity contribution in [2.24, 2.45) is 11.7 Å². The first-order chi connectivity index (χ1) is 13.6. The summed E-state index contributed by atoms with van der Waals surface area (Å²) < 4.78 is 6.99. The number of aromatic nitrogens is 5. The van der Waals surface area contributed by atoms with E-state index in [1.165, 1.54) is 0 Å². The maximum Gasteiger partial charge on any atom is 0.225 e. The lowest BCUT2D eigenvalue weighted by molar-refractivity contribution is -0.121. The second kappa shape index (κ2) is 7.77. The quantitative estimate of drug-likeness (QED) is 0.540. The van der Waals surface area contributed by atoms with Crippen LogP contribution in [0, 0.1) is 5.92 Å². The molecular formula is C18H21N7O3. The number of amides is 1. The van der Waals surface area contributed by atoms with Crippen LogP contribution >= 0.6 is 0 Å². The molecule has 28 heavy (non-hydrogen) atoms. The highest BCUT2D eigenvalue weighted by atomic mass is 16.5. The standard InChI is InChI=1S/C18H21N7O3/c19-16(27)11-1-2-12(9-11)21-18-20-10-15-17(22-18)25(24-23-15)13-3-5-14(6-4-13)28-8-7-26/h3-6,10-12,26H,1-2,7-9H2,(H2,19,27)(H,20,21,22). The second-order valence-corrected chi connectivity index (χ2v) is 6.72. The van der Waals surface area contributed by atoms with Gasteiger partial charge in [0, 0.05) is 12.0 Å². The minimum Gasteiger partial charge on any atom is -0.491 e. The zero-order valence-electron chi connectivity index (χ0n) is 15.2. The molecule has 0 bridgehead atoms. The summed E-state index contributed by atoms with van der Waals surface area (Å²) in [6.45, 7) is 0.203. The van der Waals surface area contributed by atoms with Crippen LogP contribution in [0.1, 0.15) is 19.3 Å². The van der Waals surface area contributed by atoms with Crippen LogP contribution in [-0.2, 0) is 4.79 Å². The van der Waals surface area contributed by atoms with Gasteiger partial charge in [-0.15, -0.1) is 5.10 Å². The molecule has 1 saturated carbocycles. The molecule has 2 heterocycles. The summed E-state index contributed by atoms with van der Waals surface area (Å²) in [5.74, 6) is 0.771. The monoisotopic (exact) mass is 383 g/mol. The molecular weight excluding hydrogens is 362 g/mol. The number of hydrogen-bond acceptors (Lipinski definition) is 8. The molecule has 1 aromatic carbocycles. The molecule has 2 unspecified atom stereocenters. The summed E-state index contributed by atoms with van der Waals surface area (Å²) in [6.07, 6.45) is 3.93. The minimum atomic E-state index is -0.255. The Morgan fingerprint density at radius 1 is 1.32 bits per heavy atom. The molecule has 2 atom stereocenters. The smallest absolute Gasteiger partial charge is 0.225 e. The van der Waals surface area contributed by atoms with Crippen molar-refractivity contribution in [2.75, 3.05) is 18.5 Å². The number of anilines is 1. The van der Waals surface area contributed by atoms with E-state index in [-0.39, 0.29) is 31.1 Å². The molecule has 1 aliphatic carbocycles. The van der Waals surface area contributed by atoms with E-state index in [0.717, 1.165) is 18.5 Å². The third-order valence-electron chi connectivity index (χ3n) is 4.80. The number of benzene rings is 1. The number of aliphatic hydroxyl groups excluding tert-OH is 1. The lowest BCUT2D eigenvalue weighted by Crippen LogP contribution is -2.23. The van der Waals surface area contributed by atoms with Gasteiger partial charge < -0.3 is 20.9 Å². The zero-order valence-corrected chi connectivity index (χ0v) is 15.2. The number of rotatable bonds is 7. The van der Waals surface area contributed by atoms with E-state index in [1.807, 2.05) is 12.1 Å². The van der Waals surface area contributed by atoms with Crippen LogP contribution in [0.2, 0.25) is 0 Å². The largest absolute Gasteiger partial charge is 0.491 e. The van der Waals surface area contributed by atoms with Gasteiger partial charge in [0.1, 0.15) is 12.4 Å². The van der Waals surface area contributed by atoms with E-state index in [1.54, 1.807) is 23.0 Å². The molecule has 10 nitrogen and oxygen atoms in total. The minimum absolute atomic E-state index is 0.0383. The van der Waals surface area contributed by atoms with Crippen molar-refractivity contribution in [3.05, 3.63) is 30.5 Å². The van der Waals surface area contributed by atoms with E-state index in [0.29, 0.717) is 29.3 Å². The normalized spacial score (nSPS) is 19.0. The predicted octanol–water partition coefficient (Wildman–Crippen LogP) is 0.647. The van der Waals surface area contributed by atoms with Gasteiger partial charge in [0.05, 0.1) is 18.5 Å². The maximum absolute atomic E-state index is 11.3. The SMILES string of the molecule is NC(=O)C1CCC(Nc2ncc3nnn(-c4ccc(OCCO)cc4)c3n2)C1. The Morgan fingerprint density at radius 3 is 2.86 bits per heavy atom. The van der Waals surface area contributed by atoms with Gasteiger partial charge in [-0.2, -0.15) is 9.67 Å². The Morgan fingerprint density at radius 2 is 2.14 bits per heavy atom. The molecule has 1 aliphatic rings. The Kier molecular flexibility index (Phi) is 5.02. The lowest BCUT2D eigenvalue weighted by atomic mass is 10.1. The van der Waals surface area contributed by atoms with E-state index in [4.69, 9.17) is 15.6 Å². The van der Waals surface area contributed by atoms with Gasteiger partial charge in [-0.25, -0.2) is 4.98 Å². The van der Waals surface area contributed by atoms with Gasteiger partial charge in [0.25, 0.3) is 0 Å². The first kappa shape index (κ1) is 18.1. The Balaban J connectivity index is 1.54. The van der Waals surface area contributed by atoms with Crippen molar-refractivity contribution in [3.8, 4) is 11.4 Å². The fraction of sp³-hybridized carbons (Fsp3) is 0.389. The van der Waals surface area contributed by atoms with Gasteiger partial charge in [-0.1, -0.05) is 5.21 Å². The average Bonchev–Trinajstić information content (AvgIpc) is 3.34. The first-order valence-corrected chi connectivity index (χ1v) is 9.12. The molecule has 1 fully saturated rings. The van der Waals surface area contributed by atoms with Crippen molar-refractivity contribution < 1.29 is 14.6 Å². The van der Waals surface area contributed by atoms with Crippen LogP contribution in [0.15, 0.2) is 30.5 Å². The topological polar surface area (TPSA) is 141 Å². The van der Waals surface area contributed by atoms with E-state index >= 15 is 0 Å². The number of primary amides is 1. The van der Waals surface area contributed by atoms with Gasteiger partial charge in [0.2, 0.25) is 11.9 Å². The van der Waals surface area contributed by atoms with Crippen molar-refractivity contribution in [2.45, 2.75) is 25.3 Å². The number of fused-ring (bicyclic) bond motifs is 1. The molecule has 146 valence electrons. The third kappa shape index (κ3) is 3.72. The van der Waals surface area contributed by atoms with Gasteiger partial charge >= 0.3 is 0 Å². The highest BCUT2D eigenvalue weighted by molar-refractivity contribution is 5.77. The summed E-state index contributed by atoms with van der Waals surface area (Å²) >= 11 is 0. The zero-order chi connectivity index (χ0) is 19.5. The van der Waals surface area contributed by atoms with Crippen LogP contribution < -0.4 is 15.8 Å². The summed E-state index contributed by atoms with van der Waals surface area (Å²) in [7, 11) is 0. The molecule has 3 aromatic rings. The highest BCUT2D eigenvalue weighted by Gasteiger charge is 2.28. The third-order valence-corrected chi connectivity index (χ3v) is 4.80. The van der Waals surface area contributed by atoms with Crippen molar-refractivity contribution in [1.82, 2.24) is 25.0 Å². The number of carbonyl (C=O) groups is 1. The number of nitrogens with two attached hydrogens (primary N) is 1. The Bertz CT molecular complexity index is 973. The van der Waals surface area contributed by atoms with Crippen LogP contribution in [0.5, 0.6) is 5.75 Å². The van der Waals surface area contributed by atoms with E-state index in [9.17, 15) is 4.79 Å². The van der Waals surface area contributed by atoms with Crippen LogP contribution in [0.25, 0.3) is 16.9 Å². The second-order valence-electron chi connectivity index (χ2n) is 6.72. The molecule has 0 aliphatic heterocycles. The maximum atomic E-state index is 11.3. The Labute approximate surface area is 160 Å². The molecule has 0 spiro atoms. The number of nitrogens with zero attached hydrogens (tertiary/aromatic N) is 5. The fourth-order valence-electron chi connectivity index (χ4n) is 3.37. The molecule has 1 amide bonds. The molecule has 0 radical (unpaired) electrons. The fourth-order valence-corrected chi connectivity index (χ4v) is 3.37. The summed E-state index contributed by atoms with van der Waals surface area (Å²) in [4.78, 5) is 20.2. The van der Waals surface area contributed by atoms with Crippen molar-refractivity contribution in [3.63, 3.8) is 0 Å². The highest BCUT2D eigenvalue weighted by Crippen LogP contribution is 2.27. The number of hydrogen-bond donors (Lipinski definition) is 3. The van der Waals surface area contributed by atoms with Crippen LogP contribution in [0.4, 0.5) is 5.95 Å². The molecule has 4 rings (SSSR count). The molecule has 4 N–H and O–H groups in total. The Hall–Kier alpha value is -3.27.